The zero-order chi connectivity index (χ0) is 26.0. The minimum absolute atomic E-state index is 0.275. The van der Waals surface area contributed by atoms with Crippen molar-refractivity contribution in [3.05, 3.63) is 72.3 Å². The van der Waals surface area contributed by atoms with E-state index < -0.39 is 6.10 Å². The van der Waals surface area contributed by atoms with E-state index in [1.54, 1.807) is 43.5 Å². The average molecular weight is 518 g/mol. The van der Waals surface area contributed by atoms with E-state index in [1.165, 1.54) is 11.8 Å². The number of aldehydes is 1. The largest absolute Gasteiger partial charge is 0.497 e. The molecule has 0 spiro atoms. The first-order valence-electron chi connectivity index (χ1n) is 11.8. The van der Waals surface area contributed by atoms with Crippen LogP contribution in [0.2, 0.25) is 0 Å². The van der Waals surface area contributed by atoms with E-state index in [0.717, 1.165) is 34.5 Å². The van der Waals surface area contributed by atoms with E-state index in [0.29, 0.717) is 35.0 Å². The highest BCUT2D eigenvalue weighted by Gasteiger charge is 2.16. The Kier molecular flexibility index (Phi) is 8.88. The molecule has 0 radical (unpaired) electrons. The van der Waals surface area contributed by atoms with Gasteiger partial charge in [0.15, 0.2) is 12.4 Å². The monoisotopic (exact) mass is 517 g/mol. The van der Waals surface area contributed by atoms with Crippen molar-refractivity contribution in [1.29, 1.82) is 0 Å². The van der Waals surface area contributed by atoms with Gasteiger partial charge in [0.25, 0.3) is 5.91 Å². The van der Waals surface area contributed by atoms with E-state index in [2.05, 4.69) is 32.9 Å². The van der Waals surface area contributed by atoms with Crippen molar-refractivity contribution in [2.24, 2.45) is 0 Å². The molecule has 10 heteroatoms. The first-order chi connectivity index (χ1) is 18.1. The average Bonchev–Trinajstić information content (AvgIpc) is 3.47. The van der Waals surface area contributed by atoms with Gasteiger partial charge in [0.1, 0.15) is 11.5 Å². The molecule has 0 aliphatic heterocycles. The van der Waals surface area contributed by atoms with Crippen molar-refractivity contribution in [2.75, 3.05) is 12.4 Å². The molecule has 1 amide bonds. The molecular formula is C27H27N5O4S. The molecule has 37 heavy (non-hydrogen) atoms. The minimum Gasteiger partial charge on any atom is -0.497 e. The summed E-state index contributed by atoms with van der Waals surface area (Å²) >= 11 is 1.45. The fourth-order valence-corrected chi connectivity index (χ4v) is 4.62. The summed E-state index contributed by atoms with van der Waals surface area (Å²) in [6.07, 6.45) is 2.88. The van der Waals surface area contributed by atoms with Gasteiger partial charge >= 0.3 is 0 Å². The normalized spacial score (nSPS) is 11.5. The molecule has 4 rings (SSSR count). The number of anilines is 1. The van der Waals surface area contributed by atoms with Crippen LogP contribution in [0, 0.1) is 0 Å². The number of aromatic nitrogens is 4. The van der Waals surface area contributed by atoms with E-state index in [-0.39, 0.29) is 5.91 Å². The van der Waals surface area contributed by atoms with Crippen LogP contribution in [0.15, 0.2) is 76.5 Å². The fraction of sp³-hybridized carbons (Fsp3) is 0.222. The van der Waals surface area contributed by atoms with Gasteiger partial charge in [-0.25, -0.2) is 0 Å². The van der Waals surface area contributed by atoms with Crippen LogP contribution < -0.4 is 14.8 Å². The summed E-state index contributed by atoms with van der Waals surface area (Å²) in [5, 5.41) is 17.3. The number of ether oxygens (including phenoxy) is 2. The Balaban J connectivity index is 1.52. The second-order valence-corrected chi connectivity index (χ2v) is 9.19. The highest BCUT2D eigenvalue weighted by molar-refractivity contribution is 7.99. The van der Waals surface area contributed by atoms with Gasteiger partial charge in [-0.05, 0) is 72.7 Å². The van der Waals surface area contributed by atoms with E-state index in [4.69, 9.17) is 9.47 Å². The summed E-state index contributed by atoms with van der Waals surface area (Å²) < 4.78 is 11.2. The summed E-state index contributed by atoms with van der Waals surface area (Å²) in [7, 11) is 1.59. The summed E-state index contributed by atoms with van der Waals surface area (Å²) in [6.45, 7) is 2.06. The van der Waals surface area contributed by atoms with Gasteiger partial charge in [0.2, 0.25) is 5.82 Å². The lowest BCUT2D eigenvalue weighted by atomic mass is 10.1. The third-order valence-corrected chi connectivity index (χ3v) is 6.66. The second-order valence-electron chi connectivity index (χ2n) is 8.11. The van der Waals surface area contributed by atoms with Gasteiger partial charge in [-0.2, -0.15) is 5.21 Å². The number of amides is 1. The molecule has 190 valence electrons. The SMILES string of the molecule is CCCCC(C=O)Oc1ccc(C(=O)Nc2ccc(OC)cc2Sc2ccccc2-c2nn[nH]n2)cc1. The number of hydrogen-bond donors (Lipinski definition) is 2. The molecule has 1 aromatic heterocycles. The molecule has 3 aromatic carbocycles. The highest BCUT2D eigenvalue weighted by atomic mass is 32.2. The zero-order valence-corrected chi connectivity index (χ0v) is 21.3. The van der Waals surface area contributed by atoms with Gasteiger partial charge in [-0.3, -0.25) is 9.59 Å². The summed E-state index contributed by atoms with van der Waals surface area (Å²) in [6, 6.07) is 19.9. The lowest BCUT2D eigenvalue weighted by Crippen LogP contribution is -2.18. The number of aromatic amines is 1. The van der Waals surface area contributed by atoms with E-state index in [1.807, 2.05) is 30.3 Å². The van der Waals surface area contributed by atoms with Crippen molar-refractivity contribution in [2.45, 2.75) is 42.1 Å². The molecular weight excluding hydrogens is 490 g/mol. The van der Waals surface area contributed by atoms with Crippen LogP contribution in [0.3, 0.4) is 0 Å². The van der Waals surface area contributed by atoms with E-state index in [9.17, 15) is 9.59 Å². The highest BCUT2D eigenvalue weighted by Crippen LogP contribution is 2.40. The summed E-state index contributed by atoms with van der Waals surface area (Å²) in [5.74, 6) is 1.41. The zero-order valence-electron chi connectivity index (χ0n) is 20.5. The van der Waals surface area contributed by atoms with Crippen LogP contribution in [0.1, 0.15) is 36.5 Å². The number of H-pyrrole nitrogens is 1. The molecule has 0 fully saturated rings. The number of benzene rings is 3. The Morgan fingerprint density at radius 3 is 2.57 bits per heavy atom. The van der Waals surface area contributed by atoms with Crippen LogP contribution in [0.5, 0.6) is 11.5 Å². The lowest BCUT2D eigenvalue weighted by molar-refractivity contribution is -0.114. The van der Waals surface area contributed by atoms with Gasteiger partial charge in [-0.15, -0.1) is 10.2 Å². The molecule has 0 bridgehead atoms. The quantitative estimate of drug-likeness (QED) is 0.239. The Bertz CT molecular complexity index is 1330. The van der Waals surface area contributed by atoms with Crippen molar-refractivity contribution < 1.29 is 19.1 Å². The number of nitrogens with zero attached hydrogens (tertiary/aromatic N) is 3. The third kappa shape index (κ3) is 6.73. The maximum absolute atomic E-state index is 13.1. The number of methoxy groups -OCH3 is 1. The molecule has 4 aromatic rings. The number of carbonyl (C=O) groups excluding carboxylic acids is 2. The van der Waals surface area contributed by atoms with Crippen molar-refractivity contribution in [1.82, 2.24) is 20.6 Å². The lowest BCUT2D eigenvalue weighted by Gasteiger charge is -2.15. The minimum atomic E-state index is -0.492. The van der Waals surface area contributed by atoms with Crippen LogP contribution in [0.25, 0.3) is 11.4 Å². The Labute approximate surface area is 219 Å². The predicted octanol–water partition coefficient (Wildman–Crippen LogP) is 5.42. The summed E-state index contributed by atoms with van der Waals surface area (Å²) in [5.41, 5.74) is 1.90. The topological polar surface area (TPSA) is 119 Å². The van der Waals surface area contributed by atoms with Crippen LogP contribution in [-0.4, -0.2) is 46.0 Å². The molecule has 0 saturated carbocycles. The van der Waals surface area contributed by atoms with Crippen LogP contribution >= 0.6 is 11.8 Å². The Morgan fingerprint density at radius 2 is 1.86 bits per heavy atom. The molecule has 9 nitrogen and oxygen atoms in total. The first-order valence-corrected chi connectivity index (χ1v) is 12.6. The number of hydrogen-bond acceptors (Lipinski definition) is 8. The fourth-order valence-electron chi connectivity index (χ4n) is 3.57. The van der Waals surface area contributed by atoms with Gasteiger partial charge in [-0.1, -0.05) is 37.2 Å². The number of nitrogens with one attached hydrogen (secondary N) is 2. The van der Waals surface area contributed by atoms with E-state index >= 15 is 0 Å². The van der Waals surface area contributed by atoms with Crippen molar-refractivity contribution in [3.8, 4) is 22.9 Å². The van der Waals surface area contributed by atoms with Crippen LogP contribution in [-0.2, 0) is 4.79 Å². The number of carbonyl (C=O) groups is 2. The van der Waals surface area contributed by atoms with Crippen molar-refractivity contribution >= 4 is 29.6 Å². The molecule has 0 aliphatic rings. The Hall–Kier alpha value is -4.18. The maximum atomic E-state index is 13.1. The predicted molar refractivity (Wildman–Crippen MR) is 141 cm³/mol. The first kappa shape index (κ1) is 25.9. The maximum Gasteiger partial charge on any atom is 0.255 e. The van der Waals surface area contributed by atoms with Gasteiger partial charge in [0, 0.05) is 20.9 Å². The molecule has 1 atom stereocenters. The number of rotatable bonds is 12. The molecule has 1 heterocycles. The summed E-state index contributed by atoms with van der Waals surface area (Å²) in [4.78, 5) is 26.0. The third-order valence-electron chi connectivity index (χ3n) is 5.53. The second kappa shape index (κ2) is 12.7. The number of unbranched alkanes of at least 4 members (excludes halogenated alkanes) is 1. The van der Waals surface area contributed by atoms with Gasteiger partial charge in [0.05, 0.1) is 12.8 Å². The Morgan fingerprint density at radius 1 is 1.08 bits per heavy atom. The molecule has 0 saturated heterocycles. The smallest absolute Gasteiger partial charge is 0.255 e. The molecule has 2 N–H and O–H groups in total. The number of tetrazole rings is 1. The van der Waals surface area contributed by atoms with Crippen LogP contribution in [0.4, 0.5) is 5.69 Å². The van der Waals surface area contributed by atoms with Gasteiger partial charge < -0.3 is 14.8 Å². The standard InChI is InChI=1S/C27H27N5O4S/c1-3-4-7-21(17-33)36-19-12-10-18(11-13-19)27(34)28-23-15-14-20(35-2)16-25(23)37-24-9-6-5-8-22(24)26-29-31-32-30-26/h5-6,8-17,21H,3-4,7H2,1-2H3,(H,28,34)(H,29,30,31,32). The molecule has 0 aliphatic carbocycles. The van der Waals surface area contributed by atoms with Crippen molar-refractivity contribution in [3.63, 3.8) is 0 Å². The molecule has 1 unspecified atom stereocenters.